The third-order valence-corrected chi connectivity index (χ3v) is 3.74. The van der Waals surface area contributed by atoms with E-state index >= 15 is 0 Å². The molecule has 1 aromatic carbocycles. The van der Waals surface area contributed by atoms with E-state index in [0.717, 1.165) is 11.1 Å². The molecule has 0 saturated carbocycles. The zero-order chi connectivity index (χ0) is 17.3. The van der Waals surface area contributed by atoms with Crippen LogP contribution in [-0.4, -0.2) is 27.0 Å². The minimum absolute atomic E-state index is 0.00820. The van der Waals surface area contributed by atoms with Crippen LogP contribution in [0, 0.1) is 6.92 Å². The molecular formula is C17H17ClN4O2. The highest BCUT2D eigenvalue weighted by Crippen LogP contribution is 2.34. The lowest BCUT2D eigenvalue weighted by Gasteiger charge is -2.11. The standard InChI is InChI=1S/C17H17ClN4O2/c1-10(2)20-17(23)22-14(8-9-19-22)15-11(3)24-21-16(15)12-4-6-13(18)7-5-12/h4-10H,1-3H3,(H,20,23). The first kappa shape index (κ1) is 16.3. The monoisotopic (exact) mass is 344 g/mol. The van der Waals surface area contributed by atoms with Gasteiger partial charge in [0.15, 0.2) is 0 Å². The summed E-state index contributed by atoms with van der Waals surface area (Å²) in [5.41, 5.74) is 2.84. The second kappa shape index (κ2) is 6.49. The van der Waals surface area contributed by atoms with Crippen LogP contribution in [0.5, 0.6) is 0 Å². The molecule has 124 valence electrons. The summed E-state index contributed by atoms with van der Waals surface area (Å²) in [5, 5.41) is 11.7. The van der Waals surface area contributed by atoms with Crippen molar-refractivity contribution in [3.63, 3.8) is 0 Å². The van der Waals surface area contributed by atoms with Crippen molar-refractivity contribution in [1.29, 1.82) is 0 Å². The summed E-state index contributed by atoms with van der Waals surface area (Å²) in [5.74, 6) is 0.610. The molecule has 3 rings (SSSR count). The maximum Gasteiger partial charge on any atom is 0.342 e. The normalized spacial score (nSPS) is 11.0. The topological polar surface area (TPSA) is 73.0 Å². The van der Waals surface area contributed by atoms with Crippen LogP contribution in [0.25, 0.3) is 22.5 Å². The number of hydrogen-bond donors (Lipinski definition) is 1. The number of aromatic nitrogens is 3. The maximum atomic E-state index is 12.4. The molecule has 3 aromatic rings. The van der Waals surface area contributed by atoms with Gasteiger partial charge in [0.05, 0.1) is 17.5 Å². The quantitative estimate of drug-likeness (QED) is 0.775. The van der Waals surface area contributed by atoms with E-state index in [4.69, 9.17) is 16.1 Å². The lowest BCUT2D eigenvalue weighted by Crippen LogP contribution is -2.35. The van der Waals surface area contributed by atoms with Gasteiger partial charge in [-0.1, -0.05) is 28.9 Å². The summed E-state index contributed by atoms with van der Waals surface area (Å²) in [6.45, 7) is 5.59. The Balaban J connectivity index is 2.09. The Bertz CT molecular complexity index is 865. The first-order valence-corrected chi connectivity index (χ1v) is 7.92. The molecule has 0 spiro atoms. The molecule has 0 saturated heterocycles. The molecule has 6 nitrogen and oxygen atoms in total. The van der Waals surface area contributed by atoms with E-state index in [-0.39, 0.29) is 12.1 Å². The molecule has 24 heavy (non-hydrogen) atoms. The maximum absolute atomic E-state index is 12.4. The van der Waals surface area contributed by atoms with Crippen molar-refractivity contribution in [3.05, 3.63) is 47.3 Å². The van der Waals surface area contributed by atoms with Crippen molar-refractivity contribution in [2.45, 2.75) is 26.8 Å². The molecule has 0 aliphatic rings. The van der Waals surface area contributed by atoms with E-state index in [1.54, 1.807) is 31.3 Å². The van der Waals surface area contributed by atoms with E-state index in [9.17, 15) is 4.79 Å². The van der Waals surface area contributed by atoms with Gasteiger partial charge in [0.2, 0.25) is 0 Å². The van der Waals surface area contributed by atoms with Gasteiger partial charge in [-0.25, -0.2) is 4.79 Å². The predicted octanol–water partition coefficient (Wildman–Crippen LogP) is 4.13. The number of halogens is 1. The molecule has 0 bridgehead atoms. The SMILES string of the molecule is Cc1onc(-c2ccc(Cl)cc2)c1-c1ccnn1C(=O)NC(C)C. The number of nitrogens with zero attached hydrogens (tertiary/aromatic N) is 3. The van der Waals surface area contributed by atoms with Gasteiger partial charge in [-0.15, -0.1) is 0 Å². The summed E-state index contributed by atoms with van der Waals surface area (Å²) >= 11 is 5.95. The number of rotatable bonds is 3. The summed E-state index contributed by atoms with van der Waals surface area (Å²) in [7, 11) is 0. The average Bonchev–Trinajstić information content (AvgIpc) is 3.13. The van der Waals surface area contributed by atoms with Crippen LogP contribution < -0.4 is 5.32 Å². The molecule has 2 heterocycles. The van der Waals surface area contributed by atoms with E-state index in [1.807, 2.05) is 26.0 Å². The number of carbonyl (C=O) groups is 1. The van der Waals surface area contributed by atoms with Crippen LogP contribution in [0.3, 0.4) is 0 Å². The van der Waals surface area contributed by atoms with Crippen molar-refractivity contribution >= 4 is 17.6 Å². The van der Waals surface area contributed by atoms with Crippen molar-refractivity contribution < 1.29 is 9.32 Å². The van der Waals surface area contributed by atoms with Crippen LogP contribution in [0.2, 0.25) is 5.02 Å². The van der Waals surface area contributed by atoms with E-state index in [1.165, 1.54) is 4.68 Å². The summed E-state index contributed by atoms with van der Waals surface area (Å²) in [6, 6.07) is 8.76. The van der Waals surface area contributed by atoms with Crippen molar-refractivity contribution in [3.8, 4) is 22.5 Å². The number of amides is 1. The molecule has 0 fully saturated rings. The van der Waals surface area contributed by atoms with Gasteiger partial charge >= 0.3 is 6.03 Å². The third-order valence-electron chi connectivity index (χ3n) is 3.48. The summed E-state index contributed by atoms with van der Waals surface area (Å²) < 4.78 is 6.68. The molecule has 2 aromatic heterocycles. The number of benzene rings is 1. The Hall–Kier alpha value is -2.60. The van der Waals surface area contributed by atoms with E-state index in [0.29, 0.717) is 22.2 Å². The smallest absolute Gasteiger partial charge is 0.342 e. The fourth-order valence-electron chi connectivity index (χ4n) is 2.44. The second-order valence-electron chi connectivity index (χ2n) is 5.70. The van der Waals surface area contributed by atoms with E-state index in [2.05, 4.69) is 15.6 Å². The molecule has 1 amide bonds. The third kappa shape index (κ3) is 3.05. The highest BCUT2D eigenvalue weighted by Gasteiger charge is 2.22. The molecule has 0 aliphatic heterocycles. The van der Waals surface area contributed by atoms with Gasteiger partial charge in [0.1, 0.15) is 11.5 Å². The van der Waals surface area contributed by atoms with Crippen molar-refractivity contribution in [2.24, 2.45) is 0 Å². The molecule has 1 N–H and O–H groups in total. The zero-order valence-corrected chi connectivity index (χ0v) is 14.3. The average molecular weight is 345 g/mol. The Kier molecular flexibility index (Phi) is 4.40. The number of aryl methyl sites for hydroxylation is 1. The minimum atomic E-state index is -0.298. The number of carbonyl (C=O) groups excluding carboxylic acids is 1. The van der Waals surface area contributed by atoms with Crippen LogP contribution in [0.4, 0.5) is 4.79 Å². The minimum Gasteiger partial charge on any atom is -0.360 e. The lowest BCUT2D eigenvalue weighted by molar-refractivity contribution is 0.237. The fraction of sp³-hybridized carbons (Fsp3) is 0.235. The fourth-order valence-corrected chi connectivity index (χ4v) is 2.57. The summed E-state index contributed by atoms with van der Waals surface area (Å²) in [4.78, 5) is 12.4. The van der Waals surface area contributed by atoms with Crippen molar-refractivity contribution in [1.82, 2.24) is 20.3 Å². The Morgan fingerprint density at radius 1 is 1.25 bits per heavy atom. The molecule has 0 unspecified atom stereocenters. The van der Waals surface area contributed by atoms with Crippen molar-refractivity contribution in [2.75, 3.05) is 0 Å². The first-order chi connectivity index (χ1) is 11.5. The van der Waals surface area contributed by atoms with Gasteiger partial charge in [-0.2, -0.15) is 9.78 Å². The Morgan fingerprint density at radius 3 is 2.62 bits per heavy atom. The first-order valence-electron chi connectivity index (χ1n) is 7.55. The van der Waals surface area contributed by atoms with Crippen LogP contribution in [0.15, 0.2) is 41.1 Å². The molecule has 0 atom stereocenters. The van der Waals surface area contributed by atoms with Gasteiger partial charge in [0.25, 0.3) is 0 Å². The number of hydrogen-bond acceptors (Lipinski definition) is 4. The largest absolute Gasteiger partial charge is 0.360 e. The highest BCUT2D eigenvalue weighted by atomic mass is 35.5. The van der Waals surface area contributed by atoms with Crippen LogP contribution in [0.1, 0.15) is 19.6 Å². The molecular weight excluding hydrogens is 328 g/mol. The molecule has 0 aliphatic carbocycles. The van der Waals surface area contributed by atoms with E-state index < -0.39 is 0 Å². The highest BCUT2D eigenvalue weighted by molar-refractivity contribution is 6.30. The zero-order valence-electron chi connectivity index (χ0n) is 13.6. The molecule has 0 radical (unpaired) electrons. The lowest BCUT2D eigenvalue weighted by atomic mass is 10.0. The van der Waals surface area contributed by atoms with Gasteiger partial charge in [-0.3, -0.25) is 0 Å². The molecule has 7 heteroatoms. The van der Waals surface area contributed by atoms with Crippen LogP contribution in [-0.2, 0) is 0 Å². The Labute approximate surface area is 144 Å². The second-order valence-corrected chi connectivity index (χ2v) is 6.14. The van der Waals surface area contributed by atoms with Gasteiger partial charge < -0.3 is 9.84 Å². The van der Waals surface area contributed by atoms with Gasteiger partial charge in [0, 0.05) is 16.6 Å². The number of nitrogens with one attached hydrogen (secondary N) is 1. The van der Waals surface area contributed by atoms with Crippen LogP contribution >= 0.6 is 11.6 Å². The summed E-state index contributed by atoms with van der Waals surface area (Å²) in [6.07, 6.45) is 1.58. The van der Waals surface area contributed by atoms with Gasteiger partial charge in [-0.05, 0) is 39.0 Å². The predicted molar refractivity (Wildman–Crippen MR) is 92.0 cm³/mol. The Morgan fingerprint density at radius 2 is 1.96 bits per heavy atom.